The van der Waals surface area contributed by atoms with Crippen molar-refractivity contribution in [1.29, 1.82) is 0 Å². The van der Waals surface area contributed by atoms with Gasteiger partial charge in [0.1, 0.15) is 0 Å². The minimum absolute atomic E-state index is 0.137. The fourth-order valence-electron chi connectivity index (χ4n) is 4.88. The first-order valence-corrected chi connectivity index (χ1v) is 12.7. The predicted octanol–water partition coefficient (Wildman–Crippen LogP) is 4.78. The minimum atomic E-state index is -0.641. The topological polar surface area (TPSA) is 78.2 Å². The van der Waals surface area contributed by atoms with Crippen LogP contribution in [0.4, 0.5) is 0 Å². The Hall–Kier alpha value is -3.49. The van der Waals surface area contributed by atoms with Gasteiger partial charge >= 0.3 is 0 Å². The molecule has 0 radical (unpaired) electrons. The van der Waals surface area contributed by atoms with Crippen molar-refractivity contribution in [3.8, 4) is 0 Å². The Labute approximate surface area is 207 Å². The van der Waals surface area contributed by atoms with Crippen LogP contribution in [0.5, 0.6) is 0 Å². The molecule has 0 aliphatic carbocycles. The summed E-state index contributed by atoms with van der Waals surface area (Å²) in [4.78, 5) is 36.9. The van der Waals surface area contributed by atoms with E-state index in [4.69, 9.17) is 0 Å². The van der Waals surface area contributed by atoms with Gasteiger partial charge in [0.05, 0.1) is 27.5 Å². The zero-order valence-electron chi connectivity index (χ0n) is 20.1. The number of nitrogens with zero attached hydrogens (tertiary/aromatic N) is 4. The van der Waals surface area contributed by atoms with Gasteiger partial charge in [-0.3, -0.25) is 14.0 Å². The van der Waals surface area contributed by atoms with Gasteiger partial charge in [0.25, 0.3) is 5.91 Å². The normalized spacial score (nSPS) is 16.4. The highest BCUT2D eigenvalue weighted by Gasteiger charge is 2.44. The number of aliphatic hydroxyl groups is 1. The smallest absolute Gasteiger partial charge is 0.290 e. The molecule has 0 saturated carbocycles. The molecule has 5 rings (SSSR count). The number of rotatable bonds is 8. The van der Waals surface area contributed by atoms with Crippen molar-refractivity contribution in [2.24, 2.45) is 0 Å². The maximum Gasteiger partial charge on any atom is 0.290 e. The number of thiazole rings is 1. The third kappa shape index (κ3) is 3.83. The van der Waals surface area contributed by atoms with Crippen LogP contribution >= 0.6 is 11.3 Å². The maximum atomic E-state index is 14.0. The van der Waals surface area contributed by atoms with E-state index >= 15 is 0 Å². The van der Waals surface area contributed by atoms with Crippen LogP contribution < -0.4 is 0 Å². The number of likely N-dealkylation sites (N-methyl/N-ethyl adjacent to an activating group) is 1. The highest BCUT2D eigenvalue weighted by atomic mass is 32.1. The number of aryl methyl sites for hydroxylation is 1. The Morgan fingerprint density at radius 3 is 2.49 bits per heavy atom. The highest BCUT2D eigenvalue weighted by Crippen LogP contribution is 2.40. The van der Waals surface area contributed by atoms with E-state index in [0.717, 1.165) is 35.4 Å². The van der Waals surface area contributed by atoms with Crippen LogP contribution in [-0.4, -0.2) is 62.2 Å². The van der Waals surface area contributed by atoms with E-state index in [1.165, 1.54) is 11.3 Å². The molecule has 1 atom stereocenters. The summed E-state index contributed by atoms with van der Waals surface area (Å²) in [5.74, 6) is -1.29. The van der Waals surface area contributed by atoms with Crippen LogP contribution in [0.25, 0.3) is 16.0 Å². The zero-order valence-corrected chi connectivity index (χ0v) is 20.9. The van der Waals surface area contributed by atoms with E-state index < -0.39 is 17.7 Å². The number of benzene rings is 2. The number of Topliss-reactive ketones (excluding diaryl/α,β-unsaturated/α-hetero) is 1. The summed E-state index contributed by atoms with van der Waals surface area (Å²) >= 11 is 1.29. The van der Waals surface area contributed by atoms with Gasteiger partial charge in [0.2, 0.25) is 5.78 Å². The minimum Gasteiger partial charge on any atom is -0.503 e. The number of carbonyl (C=O) groups is 2. The van der Waals surface area contributed by atoms with Gasteiger partial charge in [0.15, 0.2) is 10.7 Å². The Kier molecular flexibility index (Phi) is 6.17. The van der Waals surface area contributed by atoms with Gasteiger partial charge in [-0.05, 0) is 37.7 Å². The molecule has 3 heterocycles. The SMILES string of the molecule is CCN(CC)CCN1C(=O)C(O)=C(C(=O)c2sc3nc4ccccc4n3c2C)C1c1ccccc1. The lowest BCUT2D eigenvalue weighted by Crippen LogP contribution is -2.38. The average Bonchev–Trinajstić information content (AvgIpc) is 3.49. The number of imidazole rings is 1. The lowest BCUT2D eigenvalue weighted by molar-refractivity contribution is -0.129. The van der Waals surface area contributed by atoms with Gasteiger partial charge in [-0.15, -0.1) is 0 Å². The summed E-state index contributed by atoms with van der Waals surface area (Å²) in [6.07, 6.45) is 0. The van der Waals surface area contributed by atoms with Gasteiger partial charge in [0, 0.05) is 18.8 Å². The number of hydrogen-bond donors (Lipinski definition) is 1. The van der Waals surface area contributed by atoms with E-state index in [2.05, 4.69) is 23.7 Å². The molecule has 1 aliphatic heterocycles. The molecule has 1 aliphatic rings. The first kappa shape index (κ1) is 23.3. The van der Waals surface area contributed by atoms with Gasteiger partial charge in [-0.25, -0.2) is 4.98 Å². The number of ketones is 1. The Balaban J connectivity index is 1.58. The highest BCUT2D eigenvalue weighted by molar-refractivity contribution is 7.19. The number of para-hydroxylation sites is 2. The predicted molar refractivity (Wildman–Crippen MR) is 138 cm³/mol. The lowest BCUT2D eigenvalue weighted by atomic mass is 9.95. The molecule has 0 fully saturated rings. The molecule has 0 spiro atoms. The quantitative estimate of drug-likeness (QED) is 0.361. The molecule has 35 heavy (non-hydrogen) atoms. The second-order valence-electron chi connectivity index (χ2n) is 8.67. The van der Waals surface area contributed by atoms with Crippen LogP contribution in [0.2, 0.25) is 0 Å². The molecule has 7 nitrogen and oxygen atoms in total. The molecule has 1 N–H and O–H groups in total. The summed E-state index contributed by atoms with van der Waals surface area (Å²) < 4.78 is 1.97. The summed E-state index contributed by atoms with van der Waals surface area (Å²) in [5, 5.41) is 11.0. The summed E-state index contributed by atoms with van der Waals surface area (Å²) in [6, 6.07) is 16.6. The largest absolute Gasteiger partial charge is 0.503 e. The molecule has 8 heteroatoms. The third-order valence-electron chi connectivity index (χ3n) is 6.81. The van der Waals surface area contributed by atoms with Crippen molar-refractivity contribution < 1.29 is 14.7 Å². The molecular weight excluding hydrogens is 460 g/mol. The average molecular weight is 489 g/mol. The first-order chi connectivity index (χ1) is 17.0. The Morgan fingerprint density at radius 1 is 1.09 bits per heavy atom. The second-order valence-corrected chi connectivity index (χ2v) is 9.64. The number of amides is 1. The third-order valence-corrected chi connectivity index (χ3v) is 7.95. The van der Waals surface area contributed by atoms with Gasteiger partial charge in [-0.1, -0.05) is 67.6 Å². The number of fused-ring (bicyclic) bond motifs is 3. The van der Waals surface area contributed by atoms with E-state index in [-0.39, 0.29) is 11.4 Å². The Bertz CT molecular complexity index is 1450. The van der Waals surface area contributed by atoms with Crippen LogP contribution in [-0.2, 0) is 4.79 Å². The molecule has 0 saturated heterocycles. The monoisotopic (exact) mass is 488 g/mol. The number of aromatic nitrogens is 2. The molecule has 4 aromatic rings. The van der Waals surface area contributed by atoms with Crippen molar-refractivity contribution in [3.05, 3.63) is 82.1 Å². The van der Waals surface area contributed by atoms with E-state index in [1.807, 2.05) is 65.9 Å². The standard InChI is InChI=1S/C27H28N4O3S/c1-4-29(5-2)15-16-30-22(18-11-7-6-8-12-18)21(24(33)26(30)34)23(32)25-17(3)31-20-14-10-9-13-19(20)28-27(31)35-25/h6-14,22,33H,4-5,15-16H2,1-3H3. The first-order valence-electron chi connectivity index (χ1n) is 11.9. The number of carbonyl (C=O) groups excluding carboxylic acids is 2. The fraction of sp³-hybridized carbons (Fsp3) is 0.296. The summed E-state index contributed by atoms with van der Waals surface area (Å²) in [6.45, 7) is 8.84. The molecule has 1 amide bonds. The number of hydrogen-bond acceptors (Lipinski definition) is 6. The molecule has 0 bridgehead atoms. The molecule has 2 aromatic heterocycles. The van der Waals surface area contributed by atoms with Crippen molar-refractivity contribution in [2.45, 2.75) is 26.8 Å². The van der Waals surface area contributed by atoms with Crippen molar-refractivity contribution in [3.63, 3.8) is 0 Å². The van der Waals surface area contributed by atoms with Crippen molar-refractivity contribution >= 4 is 39.0 Å². The summed E-state index contributed by atoms with van der Waals surface area (Å²) in [7, 11) is 0. The second kappa shape index (κ2) is 9.28. The zero-order chi connectivity index (χ0) is 24.7. The summed E-state index contributed by atoms with van der Waals surface area (Å²) in [5.41, 5.74) is 3.49. The van der Waals surface area contributed by atoms with Crippen LogP contribution in [0.15, 0.2) is 65.9 Å². The molecule has 2 aromatic carbocycles. The molecule has 1 unspecified atom stereocenters. The van der Waals surface area contributed by atoms with Gasteiger partial charge in [-0.2, -0.15) is 0 Å². The van der Waals surface area contributed by atoms with Crippen molar-refractivity contribution in [1.82, 2.24) is 19.2 Å². The van der Waals surface area contributed by atoms with E-state index in [1.54, 1.807) is 4.90 Å². The molecule has 180 valence electrons. The van der Waals surface area contributed by atoms with Crippen LogP contribution in [0.1, 0.15) is 40.8 Å². The maximum absolute atomic E-state index is 14.0. The number of aliphatic hydroxyl groups excluding tert-OH is 1. The fourth-order valence-corrected chi connectivity index (χ4v) is 5.98. The van der Waals surface area contributed by atoms with E-state index in [0.29, 0.717) is 22.9 Å². The van der Waals surface area contributed by atoms with Crippen LogP contribution in [0, 0.1) is 6.92 Å². The Morgan fingerprint density at radius 2 is 1.77 bits per heavy atom. The van der Waals surface area contributed by atoms with Gasteiger partial charge < -0.3 is 14.9 Å². The van der Waals surface area contributed by atoms with Crippen LogP contribution in [0.3, 0.4) is 0 Å². The van der Waals surface area contributed by atoms with E-state index in [9.17, 15) is 14.7 Å². The molecular formula is C27H28N4O3S. The van der Waals surface area contributed by atoms with Crippen molar-refractivity contribution in [2.75, 3.05) is 26.2 Å². The lowest BCUT2D eigenvalue weighted by Gasteiger charge is -2.29.